The SMILES string of the molecule is CCCCCCCC(NS(=O)(=O)c1ccc(C)cc1)[C@@H]1CO1. The van der Waals surface area contributed by atoms with Gasteiger partial charge in [0.25, 0.3) is 0 Å². The zero-order valence-electron chi connectivity index (χ0n) is 13.5. The predicted octanol–water partition coefficient (Wildman–Crippen LogP) is 3.40. The summed E-state index contributed by atoms with van der Waals surface area (Å²) in [4.78, 5) is 0.328. The summed E-state index contributed by atoms with van der Waals surface area (Å²) < 4.78 is 33.1. The Kier molecular flexibility index (Phi) is 6.41. The number of ether oxygens (including phenoxy) is 1. The van der Waals surface area contributed by atoms with Crippen LogP contribution in [0.4, 0.5) is 0 Å². The van der Waals surface area contributed by atoms with Gasteiger partial charge in [-0.3, -0.25) is 0 Å². The summed E-state index contributed by atoms with van der Waals surface area (Å²) in [5, 5.41) is 0. The molecule has 4 nitrogen and oxygen atoms in total. The van der Waals surface area contributed by atoms with Crippen LogP contribution < -0.4 is 4.72 Å². The van der Waals surface area contributed by atoms with Gasteiger partial charge in [-0.2, -0.15) is 0 Å². The van der Waals surface area contributed by atoms with Gasteiger partial charge in [0.1, 0.15) is 0 Å². The Bertz CT molecular complexity index is 550. The van der Waals surface area contributed by atoms with Crippen LogP contribution in [-0.4, -0.2) is 27.2 Å². The number of rotatable bonds is 10. The normalized spacial score (nSPS) is 19.1. The van der Waals surface area contributed by atoms with Gasteiger partial charge in [0.05, 0.1) is 23.6 Å². The molecule has 1 unspecified atom stereocenters. The average Bonchev–Trinajstić information content (AvgIpc) is 3.31. The third kappa shape index (κ3) is 5.38. The first-order valence-corrected chi connectivity index (χ1v) is 9.72. The molecule has 0 bridgehead atoms. The number of hydrogen-bond acceptors (Lipinski definition) is 3. The summed E-state index contributed by atoms with van der Waals surface area (Å²) in [6, 6.07) is 6.85. The van der Waals surface area contributed by atoms with Crippen LogP contribution in [-0.2, 0) is 14.8 Å². The molecule has 1 aromatic carbocycles. The van der Waals surface area contributed by atoms with E-state index in [1.54, 1.807) is 12.1 Å². The van der Waals surface area contributed by atoms with Gasteiger partial charge in [0.2, 0.25) is 10.0 Å². The standard InChI is InChI=1S/C17H27NO3S/c1-3-4-5-6-7-8-16(17-13-21-17)18-22(19,20)15-11-9-14(2)10-12-15/h9-12,16-18H,3-8,13H2,1-2H3/t16?,17-/m0/s1. The molecule has 1 N–H and O–H groups in total. The van der Waals surface area contributed by atoms with Gasteiger partial charge >= 0.3 is 0 Å². The van der Waals surface area contributed by atoms with Crippen LogP contribution in [0.5, 0.6) is 0 Å². The summed E-state index contributed by atoms with van der Waals surface area (Å²) in [5.41, 5.74) is 1.05. The van der Waals surface area contributed by atoms with Gasteiger partial charge < -0.3 is 4.74 Å². The molecule has 0 amide bonds. The van der Waals surface area contributed by atoms with Crippen molar-refractivity contribution in [2.24, 2.45) is 0 Å². The largest absolute Gasteiger partial charge is 0.371 e. The summed E-state index contributed by atoms with van der Waals surface area (Å²) in [6.45, 7) is 4.80. The minimum absolute atomic E-state index is 0.0476. The molecule has 2 atom stereocenters. The van der Waals surface area contributed by atoms with Gasteiger partial charge in [-0.1, -0.05) is 56.7 Å². The number of sulfonamides is 1. The van der Waals surface area contributed by atoms with Crippen LogP contribution in [0.1, 0.15) is 51.0 Å². The van der Waals surface area contributed by atoms with Crippen molar-refractivity contribution in [3.8, 4) is 0 Å². The molecule has 0 aromatic heterocycles. The van der Waals surface area contributed by atoms with Crippen molar-refractivity contribution in [1.82, 2.24) is 4.72 Å². The van der Waals surface area contributed by atoms with Crippen LogP contribution in [0.3, 0.4) is 0 Å². The topological polar surface area (TPSA) is 58.7 Å². The van der Waals surface area contributed by atoms with Crippen molar-refractivity contribution in [3.63, 3.8) is 0 Å². The Hall–Kier alpha value is -0.910. The minimum Gasteiger partial charge on any atom is -0.371 e. The fraction of sp³-hybridized carbons (Fsp3) is 0.647. The van der Waals surface area contributed by atoms with Crippen LogP contribution in [0.2, 0.25) is 0 Å². The van der Waals surface area contributed by atoms with Crippen molar-refractivity contribution in [1.29, 1.82) is 0 Å². The van der Waals surface area contributed by atoms with E-state index in [1.165, 1.54) is 19.3 Å². The summed E-state index contributed by atoms with van der Waals surface area (Å²) in [5.74, 6) is 0. The average molecular weight is 325 g/mol. The van der Waals surface area contributed by atoms with E-state index in [0.29, 0.717) is 11.5 Å². The van der Waals surface area contributed by atoms with E-state index < -0.39 is 10.0 Å². The maximum Gasteiger partial charge on any atom is 0.240 e. The Morgan fingerprint density at radius 1 is 1.18 bits per heavy atom. The Labute approximate surface area is 134 Å². The molecule has 1 aliphatic heterocycles. The molecule has 22 heavy (non-hydrogen) atoms. The third-order valence-electron chi connectivity index (χ3n) is 4.06. The number of nitrogens with one attached hydrogen (secondary N) is 1. The first-order chi connectivity index (χ1) is 10.5. The predicted molar refractivity (Wildman–Crippen MR) is 88.4 cm³/mol. The molecule has 0 spiro atoms. The summed E-state index contributed by atoms with van der Waals surface area (Å²) in [7, 11) is -3.46. The van der Waals surface area contributed by atoms with Crippen molar-refractivity contribution < 1.29 is 13.2 Å². The minimum atomic E-state index is -3.46. The molecular weight excluding hydrogens is 298 g/mol. The molecule has 5 heteroatoms. The summed E-state index contributed by atoms with van der Waals surface area (Å²) >= 11 is 0. The van der Waals surface area contributed by atoms with Crippen molar-refractivity contribution in [2.75, 3.05) is 6.61 Å². The van der Waals surface area contributed by atoms with Crippen molar-refractivity contribution in [3.05, 3.63) is 29.8 Å². The lowest BCUT2D eigenvalue weighted by molar-refractivity contribution is 0.345. The fourth-order valence-electron chi connectivity index (χ4n) is 2.56. The molecule has 0 aliphatic carbocycles. The molecule has 124 valence electrons. The first-order valence-electron chi connectivity index (χ1n) is 8.23. The van der Waals surface area contributed by atoms with Crippen molar-refractivity contribution >= 4 is 10.0 Å². The highest BCUT2D eigenvalue weighted by Crippen LogP contribution is 2.22. The first kappa shape index (κ1) is 17.4. The second kappa shape index (κ2) is 8.09. The van der Waals surface area contributed by atoms with E-state index in [-0.39, 0.29) is 12.1 Å². The number of epoxide rings is 1. The molecule has 1 saturated heterocycles. The van der Waals surface area contributed by atoms with E-state index in [0.717, 1.165) is 24.8 Å². The van der Waals surface area contributed by atoms with Gasteiger partial charge in [-0.25, -0.2) is 13.1 Å². The van der Waals surface area contributed by atoms with E-state index in [4.69, 9.17) is 4.74 Å². The zero-order chi connectivity index (χ0) is 16.0. The molecule has 2 rings (SSSR count). The van der Waals surface area contributed by atoms with Gasteiger partial charge in [-0.15, -0.1) is 0 Å². The number of hydrogen-bond donors (Lipinski definition) is 1. The maximum atomic E-state index is 12.5. The van der Waals surface area contributed by atoms with Crippen LogP contribution in [0.25, 0.3) is 0 Å². The second-order valence-corrected chi connectivity index (χ2v) is 7.83. The quantitative estimate of drug-likeness (QED) is 0.530. The van der Waals surface area contributed by atoms with E-state index in [9.17, 15) is 8.42 Å². The smallest absolute Gasteiger partial charge is 0.240 e. The molecule has 1 aliphatic rings. The second-order valence-electron chi connectivity index (χ2n) is 6.12. The molecule has 1 heterocycles. The van der Waals surface area contributed by atoms with Crippen LogP contribution in [0.15, 0.2) is 29.2 Å². The highest BCUT2D eigenvalue weighted by atomic mass is 32.2. The molecule has 0 saturated carbocycles. The van der Waals surface area contributed by atoms with Gasteiger partial charge in [0.15, 0.2) is 0 Å². The van der Waals surface area contributed by atoms with E-state index >= 15 is 0 Å². The van der Waals surface area contributed by atoms with E-state index in [1.807, 2.05) is 19.1 Å². The number of aryl methyl sites for hydroxylation is 1. The lowest BCUT2D eigenvalue weighted by atomic mass is 10.1. The Morgan fingerprint density at radius 2 is 1.82 bits per heavy atom. The van der Waals surface area contributed by atoms with Crippen LogP contribution in [0, 0.1) is 6.92 Å². The maximum absolute atomic E-state index is 12.5. The zero-order valence-corrected chi connectivity index (χ0v) is 14.4. The van der Waals surface area contributed by atoms with Crippen molar-refractivity contribution in [2.45, 2.75) is 69.4 Å². The van der Waals surface area contributed by atoms with Crippen LogP contribution >= 0.6 is 0 Å². The highest BCUT2D eigenvalue weighted by Gasteiger charge is 2.35. The highest BCUT2D eigenvalue weighted by molar-refractivity contribution is 7.89. The Morgan fingerprint density at radius 3 is 2.41 bits per heavy atom. The Balaban J connectivity index is 1.90. The third-order valence-corrected chi connectivity index (χ3v) is 5.57. The lowest BCUT2D eigenvalue weighted by Gasteiger charge is -2.17. The molecule has 0 radical (unpaired) electrons. The van der Waals surface area contributed by atoms with Gasteiger partial charge in [0, 0.05) is 0 Å². The molecular formula is C17H27NO3S. The van der Waals surface area contributed by atoms with E-state index in [2.05, 4.69) is 11.6 Å². The molecule has 1 aromatic rings. The lowest BCUT2D eigenvalue weighted by Crippen LogP contribution is -2.38. The number of benzene rings is 1. The fourth-order valence-corrected chi connectivity index (χ4v) is 3.86. The van der Waals surface area contributed by atoms with Gasteiger partial charge in [-0.05, 0) is 25.5 Å². The number of unbranched alkanes of at least 4 members (excludes halogenated alkanes) is 4. The monoisotopic (exact) mass is 325 g/mol. The molecule has 1 fully saturated rings. The summed E-state index contributed by atoms with van der Waals surface area (Å²) in [6.07, 6.45) is 6.78.